The molecular weight excluding hydrogens is 386 g/mol. The molecule has 0 radical (unpaired) electrons. The van der Waals surface area contributed by atoms with Crippen molar-refractivity contribution in [2.24, 2.45) is 5.92 Å². The monoisotopic (exact) mass is 417 g/mol. The number of benzene rings is 1. The summed E-state index contributed by atoms with van der Waals surface area (Å²) in [5.41, 5.74) is 0.872. The van der Waals surface area contributed by atoms with Crippen molar-refractivity contribution in [3.8, 4) is 0 Å². The van der Waals surface area contributed by atoms with Crippen LogP contribution in [0.15, 0.2) is 36.4 Å². The summed E-state index contributed by atoms with van der Waals surface area (Å²) in [7, 11) is 0. The van der Waals surface area contributed by atoms with Gasteiger partial charge in [-0.15, -0.1) is 0 Å². The molecule has 0 aliphatic carbocycles. The van der Waals surface area contributed by atoms with E-state index in [4.69, 9.17) is 4.74 Å². The molecule has 0 unspecified atom stereocenters. The Kier molecular flexibility index (Phi) is 11.5. The van der Waals surface area contributed by atoms with Gasteiger partial charge >= 0.3 is 5.97 Å². The fourth-order valence-electron chi connectivity index (χ4n) is 2.51. The molecule has 3 N–H and O–H groups in total. The van der Waals surface area contributed by atoms with E-state index in [0.717, 1.165) is 5.56 Å². The molecule has 0 fully saturated rings. The first-order valence-corrected chi connectivity index (χ1v) is 10.1. The molecule has 0 spiro atoms. The van der Waals surface area contributed by atoms with E-state index >= 15 is 0 Å². The molecule has 30 heavy (non-hydrogen) atoms. The Morgan fingerprint density at radius 2 is 1.77 bits per heavy atom. The molecule has 0 saturated heterocycles. The molecule has 1 aromatic rings. The Balaban J connectivity index is 2.39. The van der Waals surface area contributed by atoms with Gasteiger partial charge in [-0.05, 0) is 30.9 Å². The molecule has 8 heteroatoms. The molecule has 1 rings (SSSR count). The Morgan fingerprint density at radius 1 is 1.07 bits per heavy atom. The number of hydrogen-bond donors (Lipinski definition) is 3. The van der Waals surface area contributed by atoms with E-state index in [1.807, 2.05) is 44.2 Å². The van der Waals surface area contributed by atoms with E-state index in [-0.39, 0.29) is 30.8 Å². The third kappa shape index (κ3) is 10.4. The molecule has 8 nitrogen and oxygen atoms in total. The van der Waals surface area contributed by atoms with Crippen LogP contribution in [0, 0.1) is 5.92 Å². The summed E-state index contributed by atoms with van der Waals surface area (Å²) in [5, 5.41) is 7.84. The minimum atomic E-state index is -0.739. The highest BCUT2D eigenvalue weighted by molar-refractivity contribution is 5.95. The lowest BCUT2D eigenvalue weighted by Gasteiger charge is -2.21. The molecule has 0 aliphatic heterocycles. The normalized spacial score (nSPS) is 11.7. The Hall–Kier alpha value is -3.16. The first-order chi connectivity index (χ1) is 14.3. The van der Waals surface area contributed by atoms with E-state index in [1.165, 1.54) is 6.08 Å². The van der Waals surface area contributed by atoms with Gasteiger partial charge in [0.05, 0.1) is 13.2 Å². The molecular formula is C22H31N3O5. The summed E-state index contributed by atoms with van der Waals surface area (Å²) >= 11 is 0. The lowest BCUT2D eigenvalue weighted by Crippen LogP contribution is -2.52. The highest BCUT2D eigenvalue weighted by atomic mass is 16.5. The highest BCUT2D eigenvalue weighted by Gasteiger charge is 2.23. The van der Waals surface area contributed by atoms with Crippen LogP contribution >= 0.6 is 0 Å². The maximum Gasteiger partial charge on any atom is 0.305 e. The fraction of sp³-hybridized carbons (Fsp3) is 0.455. The summed E-state index contributed by atoms with van der Waals surface area (Å²) in [6, 6.07) is 8.57. The second kappa shape index (κ2) is 13.9. The molecule has 0 aromatic heterocycles. The molecule has 3 amide bonds. The van der Waals surface area contributed by atoms with Crippen LogP contribution in [0.25, 0.3) is 6.08 Å². The third-order valence-corrected chi connectivity index (χ3v) is 4.08. The number of ether oxygens (including phenoxy) is 1. The van der Waals surface area contributed by atoms with Gasteiger partial charge in [0.2, 0.25) is 17.7 Å². The zero-order valence-electron chi connectivity index (χ0n) is 17.8. The van der Waals surface area contributed by atoms with Crippen molar-refractivity contribution in [3.05, 3.63) is 42.0 Å². The SMILES string of the molecule is CCOC(=O)CCCNC(=O)[C@@H](NC(=O)CNC(=O)/C=C/c1ccccc1)C(C)C. The fourth-order valence-corrected chi connectivity index (χ4v) is 2.51. The predicted molar refractivity (Wildman–Crippen MR) is 114 cm³/mol. The van der Waals surface area contributed by atoms with Crippen LogP contribution in [0.3, 0.4) is 0 Å². The molecule has 0 bridgehead atoms. The molecule has 0 aliphatic rings. The Labute approximate surface area is 177 Å². The lowest BCUT2D eigenvalue weighted by atomic mass is 10.0. The van der Waals surface area contributed by atoms with Gasteiger partial charge in [0, 0.05) is 19.0 Å². The Bertz CT molecular complexity index is 732. The Morgan fingerprint density at radius 3 is 2.40 bits per heavy atom. The summed E-state index contributed by atoms with van der Waals surface area (Å²) < 4.78 is 4.83. The molecule has 164 valence electrons. The number of esters is 1. The molecule has 1 aromatic carbocycles. The average Bonchev–Trinajstić information content (AvgIpc) is 2.72. The average molecular weight is 418 g/mol. The van der Waals surface area contributed by atoms with Crippen LogP contribution in [0.1, 0.15) is 39.2 Å². The minimum Gasteiger partial charge on any atom is -0.466 e. The molecule has 0 saturated carbocycles. The summed E-state index contributed by atoms with van der Waals surface area (Å²) in [5.74, 6) is -1.65. The van der Waals surface area contributed by atoms with Crippen LogP contribution in [-0.4, -0.2) is 49.4 Å². The first kappa shape index (κ1) is 24.9. The summed E-state index contributed by atoms with van der Waals surface area (Å²) in [6.07, 6.45) is 3.66. The maximum absolute atomic E-state index is 12.3. The van der Waals surface area contributed by atoms with Crippen molar-refractivity contribution in [2.75, 3.05) is 19.7 Å². The summed E-state index contributed by atoms with van der Waals surface area (Å²) in [4.78, 5) is 47.6. The molecule has 0 heterocycles. The van der Waals surface area contributed by atoms with Crippen LogP contribution in [0.2, 0.25) is 0 Å². The van der Waals surface area contributed by atoms with Gasteiger partial charge in [-0.1, -0.05) is 44.2 Å². The zero-order chi connectivity index (χ0) is 22.4. The van der Waals surface area contributed by atoms with Crippen molar-refractivity contribution in [2.45, 2.75) is 39.7 Å². The third-order valence-electron chi connectivity index (χ3n) is 4.08. The highest BCUT2D eigenvalue weighted by Crippen LogP contribution is 2.03. The number of rotatable bonds is 12. The van der Waals surface area contributed by atoms with E-state index in [2.05, 4.69) is 16.0 Å². The summed E-state index contributed by atoms with van der Waals surface area (Å²) in [6.45, 7) is 5.74. The number of hydrogen-bond acceptors (Lipinski definition) is 5. The number of amides is 3. The first-order valence-electron chi connectivity index (χ1n) is 10.1. The van der Waals surface area contributed by atoms with Crippen molar-refractivity contribution < 1.29 is 23.9 Å². The van der Waals surface area contributed by atoms with Gasteiger partial charge in [-0.3, -0.25) is 19.2 Å². The van der Waals surface area contributed by atoms with Gasteiger partial charge in [-0.25, -0.2) is 0 Å². The van der Waals surface area contributed by atoms with Crippen molar-refractivity contribution in [1.82, 2.24) is 16.0 Å². The number of nitrogens with one attached hydrogen (secondary N) is 3. The maximum atomic E-state index is 12.3. The van der Waals surface area contributed by atoms with Gasteiger partial charge in [0.25, 0.3) is 0 Å². The lowest BCUT2D eigenvalue weighted by molar-refractivity contribution is -0.143. The van der Waals surface area contributed by atoms with Crippen molar-refractivity contribution >= 4 is 29.8 Å². The van der Waals surface area contributed by atoms with E-state index in [9.17, 15) is 19.2 Å². The largest absolute Gasteiger partial charge is 0.466 e. The van der Waals surface area contributed by atoms with Crippen LogP contribution in [-0.2, 0) is 23.9 Å². The van der Waals surface area contributed by atoms with Gasteiger partial charge in [-0.2, -0.15) is 0 Å². The predicted octanol–water partition coefficient (Wildman–Crippen LogP) is 1.42. The van der Waals surface area contributed by atoms with Crippen molar-refractivity contribution in [1.29, 1.82) is 0 Å². The quantitative estimate of drug-likeness (QED) is 0.270. The number of carbonyl (C=O) groups excluding carboxylic acids is 4. The number of carbonyl (C=O) groups is 4. The second-order valence-electron chi connectivity index (χ2n) is 6.95. The van der Waals surface area contributed by atoms with Crippen molar-refractivity contribution in [3.63, 3.8) is 0 Å². The van der Waals surface area contributed by atoms with E-state index < -0.39 is 17.9 Å². The van der Waals surface area contributed by atoms with E-state index in [0.29, 0.717) is 19.6 Å². The topological polar surface area (TPSA) is 114 Å². The zero-order valence-corrected chi connectivity index (χ0v) is 17.8. The van der Waals surface area contributed by atoms with Gasteiger partial charge in [0.1, 0.15) is 6.04 Å². The van der Waals surface area contributed by atoms with E-state index in [1.54, 1.807) is 13.0 Å². The van der Waals surface area contributed by atoms with Gasteiger partial charge < -0.3 is 20.7 Å². The molecule has 1 atom stereocenters. The standard InChI is InChI=1S/C22H31N3O5/c1-4-30-20(28)11-8-14-23-22(29)21(16(2)3)25-19(27)15-24-18(26)13-12-17-9-6-5-7-10-17/h5-7,9-10,12-13,16,21H,4,8,11,14-15H2,1-3H3,(H,23,29)(H,24,26)(H,25,27)/b13-12+/t21-/m0/s1. The van der Waals surface area contributed by atoms with Gasteiger partial charge in [0.15, 0.2) is 0 Å². The minimum absolute atomic E-state index is 0.146. The smallest absolute Gasteiger partial charge is 0.305 e. The van der Waals surface area contributed by atoms with Crippen LogP contribution in [0.4, 0.5) is 0 Å². The second-order valence-corrected chi connectivity index (χ2v) is 6.95. The van der Waals surface area contributed by atoms with Crippen LogP contribution in [0.5, 0.6) is 0 Å². The van der Waals surface area contributed by atoms with Crippen LogP contribution < -0.4 is 16.0 Å².